The molecule has 2 aromatic carbocycles. The topological polar surface area (TPSA) is 60.7 Å². The number of fused-ring (bicyclic) bond motifs is 1. The van der Waals surface area contributed by atoms with Crippen molar-refractivity contribution in [1.29, 1.82) is 0 Å². The van der Waals surface area contributed by atoms with Crippen molar-refractivity contribution in [3.63, 3.8) is 0 Å². The first-order chi connectivity index (χ1) is 12.5. The van der Waals surface area contributed by atoms with Crippen LogP contribution in [0.2, 0.25) is 5.02 Å². The summed E-state index contributed by atoms with van der Waals surface area (Å²) in [6, 6.07) is 12.8. The minimum Gasteiger partial charge on any atom is -0.469 e. The highest BCUT2D eigenvalue weighted by Crippen LogP contribution is 2.22. The van der Waals surface area contributed by atoms with E-state index in [4.69, 9.17) is 16.3 Å². The number of aryl methyl sites for hydroxylation is 2. The van der Waals surface area contributed by atoms with Gasteiger partial charge in [0.05, 0.1) is 23.7 Å². The van der Waals surface area contributed by atoms with E-state index in [1.807, 2.05) is 41.8 Å². The highest BCUT2D eigenvalue weighted by molar-refractivity contribution is 7.16. The molecule has 0 radical (unpaired) electrons. The van der Waals surface area contributed by atoms with Gasteiger partial charge in [0.2, 0.25) is 0 Å². The fraction of sp³-hybridized carbons (Fsp3) is 0.211. The van der Waals surface area contributed by atoms with Crippen LogP contribution in [-0.4, -0.2) is 23.6 Å². The molecule has 3 aromatic rings. The molecule has 0 aliphatic heterocycles. The third kappa shape index (κ3) is 3.86. The molecule has 0 saturated carbocycles. The third-order valence-corrected chi connectivity index (χ3v) is 5.26. The smallest absolute Gasteiger partial charge is 0.307 e. The van der Waals surface area contributed by atoms with Gasteiger partial charge in [-0.25, -0.2) is 0 Å². The van der Waals surface area contributed by atoms with E-state index in [2.05, 4.69) is 4.99 Å². The first-order valence-electron chi connectivity index (χ1n) is 8.00. The number of carbonyl (C=O) groups excluding carboxylic acids is 2. The largest absolute Gasteiger partial charge is 0.469 e. The van der Waals surface area contributed by atoms with E-state index >= 15 is 0 Å². The number of aromatic nitrogens is 1. The van der Waals surface area contributed by atoms with Gasteiger partial charge in [0.1, 0.15) is 0 Å². The van der Waals surface area contributed by atoms with Crippen molar-refractivity contribution in [3.05, 3.63) is 63.4 Å². The Hall–Kier alpha value is -2.44. The van der Waals surface area contributed by atoms with Crippen LogP contribution in [0.15, 0.2) is 47.5 Å². The lowest BCUT2D eigenvalue weighted by molar-refractivity contribution is -0.140. The summed E-state index contributed by atoms with van der Waals surface area (Å²) in [5, 5.41) is 0.607. The Morgan fingerprint density at radius 2 is 2.00 bits per heavy atom. The summed E-state index contributed by atoms with van der Waals surface area (Å²) >= 11 is 7.44. The number of hydrogen-bond acceptors (Lipinski definition) is 4. The molecule has 0 N–H and O–H groups in total. The molecule has 5 nitrogen and oxygen atoms in total. The van der Waals surface area contributed by atoms with Crippen molar-refractivity contribution in [1.82, 2.24) is 4.57 Å². The predicted octanol–water partition coefficient (Wildman–Crippen LogP) is 3.97. The van der Waals surface area contributed by atoms with Gasteiger partial charge in [-0.3, -0.25) is 9.59 Å². The van der Waals surface area contributed by atoms with E-state index in [1.54, 1.807) is 12.1 Å². The lowest BCUT2D eigenvalue weighted by atomic mass is 10.1. The normalized spacial score (nSPS) is 11.7. The first kappa shape index (κ1) is 18.4. The van der Waals surface area contributed by atoms with Gasteiger partial charge in [-0.15, -0.1) is 0 Å². The van der Waals surface area contributed by atoms with E-state index in [0.717, 1.165) is 15.8 Å². The van der Waals surface area contributed by atoms with E-state index in [-0.39, 0.29) is 18.3 Å². The van der Waals surface area contributed by atoms with Crippen LogP contribution in [-0.2, 0) is 16.1 Å². The molecule has 0 aliphatic carbocycles. The standard InChI is InChI=1S/C19H17ClN2O3S/c1-12-5-3-4-6-14(12)18(24)21-19-22(10-9-17(23)25-2)15-8-7-13(20)11-16(15)26-19/h3-8,11H,9-10H2,1-2H3. The van der Waals surface area contributed by atoms with Gasteiger partial charge in [0.25, 0.3) is 5.91 Å². The number of amides is 1. The predicted molar refractivity (Wildman–Crippen MR) is 103 cm³/mol. The lowest BCUT2D eigenvalue weighted by Gasteiger charge is -2.05. The van der Waals surface area contributed by atoms with Gasteiger partial charge >= 0.3 is 5.97 Å². The summed E-state index contributed by atoms with van der Waals surface area (Å²) in [5.41, 5.74) is 2.30. The number of methoxy groups -OCH3 is 1. The quantitative estimate of drug-likeness (QED) is 0.635. The van der Waals surface area contributed by atoms with Gasteiger partial charge in [-0.2, -0.15) is 4.99 Å². The number of rotatable bonds is 4. The lowest BCUT2D eigenvalue weighted by Crippen LogP contribution is -2.19. The SMILES string of the molecule is COC(=O)CCn1c(=NC(=O)c2ccccc2C)sc2cc(Cl)ccc21. The molecule has 0 aliphatic rings. The maximum Gasteiger partial charge on any atom is 0.307 e. The Morgan fingerprint density at radius 3 is 2.73 bits per heavy atom. The van der Waals surface area contributed by atoms with Gasteiger partial charge in [0, 0.05) is 17.1 Å². The molecule has 0 spiro atoms. The number of nitrogens with zero attached hydrogens (tertiary/aromatic N) is 2. The maximum atomic E-state index is 12.6. The van der Waals surface area contributed by atoms with Crippen LogP contribution in [0, 0.1) is 6.92 Å². The van der Waals surface area contributed by atoms with Crippen LogP contribution in [0.5, 0.6) is 0 Å². The van der Waals surface area contributed by atoms with Gasteiger partial charge in [-0.1, -0.05) is 41.1 Å². The molecule has 134 valence electrons. The molecular formula is C19H17ClN2O3S. The van der Waals surface area contributed by atoms with Crippen LogP contribution in [0.3, 0.4) is 0 Å². The fourth-order valence-corrected chi connectivity index (χ4v) is 3.94. The second kappa shape index (κ2) is 7.85. The Morgan fingerprint density at radius 1 is 1.23 bits per heavy atom. The van der Waals surface area contributed by atoms with E-state index in [9.17, 15) is 9.59 Å². The summed E-state index contributed by atoms with van der Waals surface area (Å²) in [4.78, 5) is 29.0. The van der Waals surface area contributed by atoms with E-state index < -0.39 is 0 Å². The van der Waals surface area contributed by atoms with E-state index in [0.29, 0.717) is 21.9 Å². The number of carbonyl (C=O) groups is 2. The minimum atomic E-state index is -0.318. The third-order valence-electron chi connectivity index (χ3n) is 3.98. The molecule has 3 rings (SSSR count). The first-order valence-corrected chi connectivity index (χ1v) is 9.19. The Labute approximate surface area is 159 Å². The van der Waals surface area contributed by atoms with E-state index in [1.165, 1.54) is 18.4 Å². The second-order valence-electron chi connectivity index (χ2n) is 5.71. The Balaban J connectivity index is 2.10. The summed E-state index contributed by atoms with van der Waals surface area (Å²) in [7, 11) is 1.35. The number of thiazole rings is 1. The molecule has 0 fully saturated rings. The average Bonchev–Trinajstić information content (AvgIpc) is 2.95. The number of halogens is 1. The van der Waals surface area contributed by atoms with Crippen molar-refractivity contribution >= 4 is 45.0 Å². The number of ether oxygens (including phenoxy) is 1. The Kier molecular flexibility index (Phi) is 5.54. The molecule has 1 heterocycles. The average molecular weight is 389 g/mol. The van der Waals surface area contributed by atoms with Crippen LogP contribution >= 0.6 is 22.9 Å². The zero-order valence-electron chi connectivity index (χ0n) is 14.4. The van der Waals surface area contributed by atoms with Crippen molar-refractivity contribution in [2.45, 2.75) is 19.9 Å². The maximum absolute atomic E-state index is 12.6. The fourth-order valence-electron chi connectivity index (χ4n) is 2.61. The number of esters is 1. The zero-order chi connectivity index (χ0) is 18.7. The molecule has 26 heavy (non-hydrogen) atoms. The molecule has 0 bridgehead atoms. The zero-order valence-corrected chi connectivity index (χ0v) is 15.9. The summed E-state index contributed by atoms with van der Waals surface area (Å²) in [6.07, 6.45) is 0.191. The van der Waals surface area contributed by atoms with Crippen LogP contribution < -0.4 is 4.80 Å². The Bertz CT molecular complexity index is 1050. The summed E-state index contributed by atoms with van der Waals surface area (Å²) in [5.74, 6) is -0.630. The molecule has 0 atom stereocenters. The highest BCUT2D eigenvalue weighted by atomic mass is 35.5. The van der Waals surface area contributed by atoms with Crippen molar-refractivity contribution < 1.29 is 14.3 Å². The van der Waals surface area contributed by atoms with Gasteiger partial charge in [-0.05, 0) is 36.8 Å². The van der Waals surface area contributed by atoms with Crippen molar-refractivity contribution in [2.75, 3.05) is 7.11 Å². The number of benzene rings is 2. The molecule has 7 heteroatoms. The molecular weight excluding hydrogens is 372 g/mol. The highest BCUT2D eigenvalue weighted by Gasteiger charge is 2.12. The second-order valence-corrected chi connectivity index (χ2v) is 7.15. The summed E-state index contributed by atoms with van der Waals surface area (Å²) in [6.45, 7) is 2.24. The monoisotopic (exact) mass is 388 g/mol. The van der Waals surface area contributed by atoms with Crippen molar-refractivity contribution in [2.24, 2.45) is 4.99 Å². The summed E-state index contributed by atoms with van der Waals surface area (Å²) < 4.78 is 7.47. The molecule has 0 saturated heterocycles. The number of hydrogen-bond donors (Lipinski definition) is 0. The van der Waals surface area contributed by atoms with Gasteiger partial charge in [0.15, 0.2) is 4.80 Å². The molecule has 1 aromatic heterocycles. The van der Waals surface area contributed by atoms with Crippen molar-refractivity contribution in [3.8, 4) is 0 Å². The minimum absolute atomic E-state index is 0.191. The van der Waals surface area contributed by atoms with Crippen LogP contribution in [0.25, 0.3) is 10.2 Å². The molecule has 1 amide bonds. The van der Waals surface area contributed by atoms with Crippen LogP contribution in [0.4, 0.5) is 0 Å². The van der Waals surface area contributed by atoms with Gasteiger partial charge < -0.3 is 9.30 Å². The van der Waals surface area contributed by atoms with Crippen LogP contribution in [0.1, 0.15) is 22.3 Å². The molecule has 0 unspecified atom stereocenters.